The van der Waals surface area contributed by atoms with Gasteiger partial charge in [-0.25, -0.2) is 4.79 Å². The van der Waals surface area contributed by atoms with Crippen LogP contribution in [-0.4, -0.2) is 28.5 Å². The normalized spacial score (nSPS) is 10.4. The highest BCUT2D eigenvalue weighted by molar-refractivity contribution is 5.98. The number of nitrogen functional groups attached to an aromatic ring is 1. The van der Waals surface area contributed by atoms with Crippen molar-refractivity contribution in [3.63, 3.8) is 0 Å². The molecule has 2 aromatic carbocycles. The lowest BCUT2D eigenvalue weighted by Gasteiger charge is -2.25. The Hall–Kier alpha value is -4.25. The average Bonchev–Trinajstić information content (AvgIpc) is 2.83. The number of hydrogen-bond acceptors (Lipinski definition) is 5. The second-order valence-electron chi connectivity index (χ2n) is 7.54. The van der Waals surface area contributed by atoms with Gasteiger partial charge in [0.2, 0.25) is 5.91 Å². The highest BCUT2D eigenvalue weighted by Gasteiger charge is 2.24. The summed E-state index contributed by atoms with van der Waals surface area (Å²) in [7, 11) is 0. The van der Waals surface area contributed by atoms with Gasteiger partial charge >= 0.3 is 5.69 Å². The highest BCUT2D eigenvalue weighted by Crippen LogP contribution is 2.19. The first-order valence-corrected chi connectivity index (χ1v) is 10.7. The summed E-state index contributed by atoms with van der Waals surface area (Å²) in [6.45, 7) is 2.37. The number of aromatic nitrogens is 2. The number of benzene rings is 2. The Morgan fingerprint density at radius 2 is 1.94 bits per heavy atom. The first kappa shape index (κ1) is 23.4. The largest absolute Gasteiger partial charge is 0.383 e. The summed E-state index contributed by atoms with van der Waals surface area (Å²) in [6.07, 6.45) is 6.91. The fourth-order valence-electron chi connectivity index (χ4n) is 3.43. The van der Waals surface area contributed by atoms with E-state index in [0.717, 1.165) is 12.0 Å². The average molecular weight is 446 g/mol. The van der Waals surface area contributed by atoms with E-state index in [1.807, 2.05) is 37.3 Å². The molecule has 3 rings (SSSR count). The summed E-state index contributed by atoms with van der Waals surface area (Å²) in [5.74, 6) is 2.15. The molecule has 0 aliphatic rings. The van der Waals surface area contributed by atoms with E-state index in [4.69, 9.17) is 12.2 Å². The van der Waals surface area contributed by atoms with Crippen molar-refractivity contribution in [2.24, 2.45) is 0 Å². The van der Waals surface area contributed by atoms with Crippen LogP contribution in [0.2, 0.25) is 0 Å². The number of hydrogen-bond donors (Lipinski definition) is 3. The van der Waals surface area contributed by atoms with Gasteiger partial charge in [-0.05, 0) is 30.2 Å². The number of terminal acetylenes is 1. The van der Waals surface area contributed by atoms with E-state index in [1.165, 1.54) is 9.47 Å². The molecule has 8 heteroatoms. The Labute approximate surface area is 192 Å². The molecule has 8 nitrogen and oxygen atoms in total. The van der Waals surface area contributed by atoms with Crippen molar-refractivity contribution in [1.29, 1.82) is 0 Å². The fourth-order valence-corrected chi connectivity index (χ4v) is 3.43. The monoisotopic (exact) mass is 445 g/mol. The van der Waals surface area contributed by atoms with Gasteiger partial charge in [0.25, 0.3) is 5.56 Å². The summed E-state index contributed by atoms with van der Waals surface area (Å²) >= 11 is 0. The minimum absolute atomic E-state index is 0.0249. The summed E-state index contributed by atoms with van der Waals surface area (Å²) in [6, 6.07) is 16.4. The molecule has 170 valence electrons. The number of nitrogens with one attached hydrogen (secondary N) is 2. The maximum Gasteiger partial charge on any atom is 0.330 e. The Bertz CT molecular complexity index is 1270. The lowest BCUT2D eigenvalue weighted by molar-refractivity contribution is -0.117. The molecule has 0 aliphatic carbocycles. The van der Waals surface area contributed by atoms with E-state index in [0.29, 0.717) is 17.7 Å². The SMILES string of the molecule is C#Cc1cccc(NCC(=O)N(CCCC)c2c(N)n(Cc3ccccc3)c(=O)[nH]c2=O)c1. The van der Waals surface area contributed by atoms with Crippen LogP contribution in [-0.2, 0) is 11.3 Å². The smallest absolute Gasteiger partial charge is 0.330 e. The van der Waals surface area contributed by atoms with Crippen molar-refractivity contribution in [2.45, 2.75) is 26.3 Å². The Kier molecular flexibility index (Phi) is 7.71. The number of carbonyl (C=O) groups is 1. The molecule has 0 atom stereocenters. The standard InChI is InChI=1S/C25H27N5O3/c1-3-5-14-29(21(31)16-27-20-13-9-12-18(4-2)15-20)22-23(26)30(25(33)28-24(22)32)17-19-10-7-6-8-11-19/h2,6-13,15,27H,3,5,14,16-17,26H2,1H3,(H,28,32,33). The molecule has 0 saturated heterocycles. The predicted molar refractivity (Wildman–Crippen MR) is 131 cm³/mol. The van der Waals surface area contributed by atoms with Crippen molar-refractivity contribution in [1.82, 2.24) is 9.55 Å². The first-order chi connectivity index (χ1) is 15.9. The van der Waals surface area contributed by atoms with Crippen molar-refractivity contribution >= 4 is 23.1 Å². The van der Waals surface area contributed by atoms with E-state index in [2.05, 4.69) is 16.2 Å². The number of nitrogens with zero attached hydrogens (tertiary/aromatic N) is 2. The van der Waals surface area contributed by atoms with Crippen LogP contribution < -0.4 is 27.2 Å². The van der Waals surface area contributed by atoms with Gasteiger partial charge in [0.15, 0.2) is 5.69 Å². The van der Waals surface area contributed by atoms with Gasteiger partial charge in [0, 0.05) is 17.8 Å². The van der Waals surface area contributed by atoms with Crippen LogP contribution >= 0.6 is 0 Å². The molecule has 0 aliphatic heterocycles. The van der Waals surface area contributed by atoms with Gasteiger partial charge < -0.3 is 16.0 Å². The van der Waals surface area contributed by atoms with E-state index in [9.17, 15) is 14.4 Å². The molecule has 4 N–H and O–H groups in total. The topological polar surface area (TPSA) is 113 Å². The van der Waals surface area contributed by atoms with Crippen LogP contribution in [0.1, 0.15) is 30.9 Å². The molecule has 1 amide bonds. The molecule has 0 bridgehead atoms. The second-order valence-corrected chi connectivity index (χ2v) is 7.54. The second kappa shape index (κ2) is 10.9. The number of unbranched alkanes of at least 4 members (excludes halogenated alkanes) is 1. The summed E-state index contributed by atoms with van der Waals surface area (Å²) in [5.41, 5.74) is 7.16. The third-order valence-electron chi connectivity index (χ3n) is 5.18. The van der Waals surface area contributed by atoms with Crippen LogP contribution in [0.15, 0.2) is 64.2 Å². The molecule has 0 saturated carbocycles. The molecular weight excluding hydrogens is 418 g/mol. The summed E-state index contributed by atoms with van der Waals surface area (Å²) in [5, 5.41) is 3.04. The van der Waals surface area contributed by atoms with Crippen molar-refractivity contribution in [3.05, 3.63) is 86.6 Å². The van der Waals surface area contributed by atoms with E-state index < -0.39 is 11.2 Å². The van der Waals surface area contributed by atoms with Gasteiger partial charge in [-0.3, -0.25) is 19.1 Å². The van der Waals surface area contributed by atoms with E-state index >= 15 is 0 Å². The van der Waals surface area contributed by atoms with Gasteiger partial charge in [-0.15, -0.1) is 6.42 Å². The highest BCUT2D eigenvalue weighted by atomic mass is 16.2. The van der Waals surface area contributed by atoms with Crippen molar-refractivity contribution in [2.75, 3.05) is 29.0 Å². The van der Waals surface area contributed by atoms with Gasteiger partial charge in [0.1, 0.15) is 5.82 Å². The molecule has 0 fully saturated rings. The van der Waals surface area contributed by atoms with Gasteiger partial charge in [0.05, 0.1) is 13.1 Å². The lowest BCUT2D eigenvalue weighted by Crippen LogP contribution is -2.43. The van der Waals surface area contributed by atoms with E-state index in [-0.39, 0.29) is 37.0 Å². The lowest BCUT2D eigenvalue weighted by atomic mass is 10.2. The van der Waals surface area contributed by atoms with Crippen LogP contribution in [0.25, 0.3) is 0 Å². The van der Waals surface area contributed by atoms with Crippen molar-refractivity contribution in [3.8, 4) is 12.3 Å². The van der Waals surface area contributed by atoms with Crippen molar-refractivity contribution < 1.29 is 4.79 Å². The third kappa shape index (κ3) is 5.71. The molecular formula is C25H27N5O3. The Morgan fingerprint density at radius 1 is 1.18 bits per heavy atom. The number of anilines is 3. The maximum absolute atomic E-state index is 13.2. The molecule has 1 heterocycles. The number of carbonyl (C=O) groups excluding carboxylic acids is 1. The van der Waals surface area contributed by atoms with Gasteiger partial charge in [-0.1, -0.05) is 55.7 Å². The van der Waals surface area contributed by atoms with E-state index in [1.54, 1.807) is 24.3 Å². The minimum atomic E-state index is -0.694. The Morgan fingerprint density at radius 3 is 2.64 bits per heavy atom. The minimum Gasteiger partial charge on any atom is -0.383 e. The summed E-state index contributed by atoms with van der Waals surface area (Å²) < 4.78 is 1.27. The van der Waals surface area contributed by atoms with Crippen LogP contribution in [0.4, 0.5) is 17.2 Å². The fraction of sp³-hybridized carbons (Fsp3) is 0.240. The molecule has 33 heavy (non-hydrogen) atoms. The maximum atomic E-state index is 13.2. The summed E-state index contributed by atoms with van der Waals surface area (Å²) in [4.78, 5) is 42.0. The zero-order chi connectivity index (χ0) is 23.8. The van der Waals surface area contributed by atoms with Crippen LogP contribution in [0.5, 0.6) is 0 Å². The molecule has 0 spiro atoms. The zero-order valence-corrected chi connectivity index (χ0v) is 18.5. The van der Waals surface area contributed by atoms with Crippen LogP contribution in [0, 0.1) is 12.3 Å². The quantitative estimate of drug-likeness (QED) is 0.438. The van der Waals surface area contributed by atoms with Crippen LogP contribution in [0.3, 0.4) is 0 Å². The molecule has 0 unspecified atom stereocenters. The number of rotatable bonds is 9. The number of amides is 1. The molecule has 0 radical (unpaired) electrons. The van der Waals surface area contributed by atoms with Gasteiger partial charge in [-0.2, -0.15) is 0 Å². The zero-order valence-electron chi connectivity index (χ0n) is 18.5. The molecule has 1 aromatic heterocycles. The number of nitrogens with two attached hydrogens (primary N) is 1. The third-order valence-corrected chi connectivity index (χ3v) is 5.18. The Balaban J connectivity index is 1.93. The molecule has 3 aromatic rings. The number of H-pyrrole nitrogens is 1. The first-order valence-electron chi connectivity index (χ1n) is 10.7. The predicted octanol–water partition coefficient (Wildman–Crippen LogP) is 2.39. The number of aromatic amines is 1.